The molecule has 2 N–H and O–H groups in total. The smallest absolute Gasteiger partial charge is 0.306 e. The van der Waals surface area contributed by atoms with Crippen molar-refractivity contribution >= 4 is 57.5 Å². The third-order valence-corrected chi connectivity index (χ3v) is 11.0. The molecular weight excluding hydrogens is 671 g/mol. The number of nitrogens with one attached hydrogen (secondary N) is 1. The Morgan fingerprint density at radius 2 is 1.59 bits per heavy atom. The van der Waals surface area contributed by atoms with Crippen LogP contribution in [0.1, 0.15) is 54.4 Å². The van der Waals surface area contributed by atoms with Crippen LogP contribution in [0.4, 0.5) is 5.69 Å². The number of halogens is 2. The van der Waals surface area contributed by atoms with E-state index in [1.54, 1.807) is 32.5 Å². The number of para-hydroxylation sites is 1. The molecule has 1 aliphatic carbocycles. The number of benzene rings is 2. The second-order valence-electron chi connectivity index (χ2n) is 13.3. The van der Waals surface area contributed by atoms with Crippen molar-refractivity contribution in [3.63, 3.8) is 0 Å². The third-order valence-electron chi connectivity index (χ3n) is 10.4. The van der Waals surface area contributed by atoms with Crippen LogP contribution in [-0.2, 0) is 37.3 Å². The lowest BCUT2D eigenvalue weighted by Gasteiger charge is -2.48. The number of ether oxygens (including phenoxy) is 3. The molecular formula is C36H44Cl2N4O7. The van der Waals surface area contributed by atoms with Crippen molar-refractivity contribution in [2.75, 3.05) is 45.7 Å². The average molecular weight is 716 g/mol. The SMILES string of the molecule is CO[C@@H]1CN(C(OC2CCC(C(=O)O)CC2)(C(=O)Cc2cc(Cl)c(NC(=O)c3cn(C)c4ccccc34)cc2Cl)N2CCCC2)C[C@H]1OC. The normalized spacial score (nSPS) is 24.7. The number of Topliss-reactive ketones (excluding diaryl/α,β-unsaturated/α-hetero) is 1. The molecule has 0 spiro atoms. The Morgan fingerprint density at radius 1 is 0.939 bits per heavy atom. The number of carbonyl (C=O) groups is 3. The van der Waals surface area contributed by atoms with E-state index in [1.807, 2.05) is 40.8 Å². The summed E-state index contributed by atoms with van der Waals surface area (Å²) in [6.45, 7) is 2.15. The number of rotatable bonds is 12. The lowest BCUT2D eigenvalue weighted by molar-refractivity contribution is -0.253. The van der Waals surface area contributed by atoms with Gasteiger partial charge in [0.05, 0.1) is 40.5 Å². The molecule has 1 unspecified atom stereocenters. The van der Waals surface area contributed by atoms with E-state index >= 15 is 0 Å². The van der Waals surface area contributed by atoms with Gasteiger partial charge in [-0.3, -0.25) is 24.2 Å². The minimum atomic E-state index is -1.45. The van der Waals surface area contributed by atoms with Gasteiger partial charge in [-0.2, -0.15) is 0 Å². The Bertz CT molecular complexity index is 1690. The van der Waals surface area contributed by atoms with Gasteiger partial charge in [0.2, 0.25) is 5.85 Å². The lowest BCUT2D eigenvalue weighted by Crippen LogP contribution is -2.67. The molecule has 2 aromatic carbocycles. The molecule has 49 heavy (non-hydrogen) atoms. The van der Waals surface area contributed by atoms with E-state index in [4.69, 9.17) is 37.4 Å². The summed E-state index contributed by atoms with van der Waals surface area (Å²) in [6.07, 6.45) is 4.71. The Kier molecular flexibility index (Phi) is 11.0. The second kappa shape index (κ2) is 15.1. The topological polar surface area (TPSA) is 123 Å². The predicted octanol–water partition coefficient (Wildman–Crippen LogP) is 5.60. The minimum absolute atomic E-state index is 0.0805. The largest absolute Gasteiger partial charge is 0.481 e. The summed E-state index contributed by atoms with van der Waals surface area (Å²) in [4.78, 5) is 44.1. The van der Waals surface area contributed by atoms with Crippen molar-refractivity contribution in [1.29, 1.82) is 0 Å². The van der Waals surface area contributed by atoms with E-state index < -0.39 is 17.7 Å². The first-order valence-corrected chi connectivity index (χ1v) is 17.6. The molecule has 3 atom stereocenters. The highest BCUT2D eigenvalue weighted by molar-refractivity contribution is 6.36. The number of aryl methyl sites for hydroxylation is 1. The van der Waals surface area contributed by atoms with Crippen LogP contribution in [0.2, 0.25) is 10.0 Å². The van der Waals surface area contributed by atoms with Crippen molar-refractivity contribution in [1.82, 2.24) is 14.4 Å². The van der Waals surface area contributed by atoms with E-state index in [-0.39, 0.29) is 46.5 Å². The summed E-state index contributed by atoms with van der Waals surface area (Å²) in [5.74, 6) is -3.19. The number of methoxy groups -OCH3 is 2. The summed E-state index contributed by atoms with van der Waals surface area (Å²) < 4.78 is 20.4. The Balaban J connectivity index is 1.29. The van der Waals surface area contributed by atoms with Crippen molar-refractivity contribution in [2.24, 2.45) is 13.0 Å². The van der Waals surface area contributed by atoms with E-state index in [1.165, 1.54) is 0 Å². The quantitative estimate of drug-likeness (QED) is 0.247. The van der Waals surface area contributed by atoms with Crippen LogP contribution in [0, 0.1) is 5.92 Å². The van der Waals surface area contributed by atoms with Crippen molar-refractivity contribution in [3.05, 3.63) is 63.8 Å². The summed E-state index contributed by atoms with van der Waals surface area (Å²) in [7, 11) is 5.15. The first-order valence-electron chi connectivity index (χ1n) is 16.9. The van der Waals surface area contributed by atoms with Crippen molar-refractivity contribution < 1.29 is 33.7 Å². The van der Waals surface area contributed by atoms with Gasteiger partial charge in [0.1, 0.15) is 0 Å². The van der Waals surface area contributed by atoms with Gasteiger partial charge < -0.3 is 29.2 Å². The molecule has 2 saturated heterocycles. The number of fused-ring (bicyclic) bond motifs is 1. The first-order chi connectivity index (χ1) is 23.5. The molecule has 6 rings (SSSR count). The molecule has 0 bridgehead atoms. The number of carboxylic acid groups (broad SMARTS) is 1. The molecule has 264 valence electrons. The fourth-order valence-electron chi connectivity index (χ4n) is 7.71. The Labute approximate surface area is 296 Å². The second-order valence-corrected chi connectivity index (χ2v) is 14.1. The maximum atomic E-state index is 14.9. The molecule has 3 aliphatic rings. The molecule has 1 amide bonds. The van der Waals surface area contributed by atoms with Crippen molar-refractivity contribution in [3.8, 4) is 0 Å². The van der Waals surface area contributed by atoms with Crippen LogP contribution in [0.25, 0.3) is 10.9 Å². The van der Waals surface area contributed by atoms with Gasteiger partial charge in [-0.1, -0.05) is 41.4 Å². The maximum absolute atomic E-state index is 14.9. The minimum Gasteiger partial charge on any atom is -0.481 e. The molecule has 13 heteroatoms. The van der Waals surface area contributed by atoms with Crippen LogP contribution in [0.3, 0.4) is 0 Å². The number of aliphatic carboxylic acids is 1. The van der Waals surface area contributed by atoms with Gasteiger partial charge in [-0.25, -0.2) is 0 Å². The fraction of sp³-hybridized carbons (Fsp3) is 0.528. The number of anilines is 1. The average Bonchev–Trinajstić information content (AvgIpc) is 3.86. The van der Waals surface area contributed by atoms with Crippen molar-refractivity contribution in [2.45, 2.75) is 69.1 Å². The monoisotopic (exact) mass is 714 g/mol. The third kappa shape index (κ3) is 7.12. The van der Waals surface area contributed by atoms with Gasteiger partial charge in [0.25, 0.3) is 5.91 Å². The molecule has 2 aliphatic heterocycles. The summed E-state index contributed by atoms with van der Waals surface area (Å²) in [5.41, 5.74) is 2.27. The number of hydrogen-bond donors (Lipinski definition) is 2. The van der Waals surface area contributed by atoms with Crippen LogP contribution < -0.4 is 5.32 Å². The van der Waals surface area contributed by atoms with Gasteiger partial charge in [-0.05, 0) is 62.3 Å². The predicted molar refractivity (Wildman–Crippen MR) is 187 cm³/mol. The molecule has 1 aromatic heterocycles. The summed E-state index contributed by atoms with van der Waals surface area (Å²) in [5, 5.41) is 13.8. The van der Waals surface area contributed by atoms with E-state index in [0.717, 1.165) is 23.7 Å². The zero-order valence-electron chi connectivity index (χ0n) is 28.1. The van der Waals surface area contributed by atoms with Gasteiger partial charge in [0, 0.05) is 76.0 Å². The molecule has 1 saturated carbocycles. The molecule has 3 aromatic rings. The number of carboxylic acids is 1. The highest BCUT2D eigenvalue weighted by Crippen LogP contribution is 2.39. The standard InChI is InChI=1S/C36H44Cl2N4O7/c1-40-19-26(25-8-4-5-9-30(25)40)34(44)39-29-18-27(37)23(16-28(29)38)17-33(43)36(41-14-6-7-15-41,42-20-31(47-2)32(21-42)48-3)49-24-12-10-22(11-13-24)35(45)46/h4-5,8-9,16,18-19,22,24,31-32H,6-7,10-15,17,20-21H2,1-3H3,(H,39,44)(H,45,46)/t22?,24?,31-,32-,36?/m1/s1. The maximum Gasteiger partial charge on any atom is 0.306 e. The number of likely N-dealkylation sites (tertiary alicyclic amines) is 2. The number of hydrogen-bond acceptors (Lipinski definition) is 8. The Morgan fingerprint density at radius 3 is 2.22 bits per heavy atom. The Hall–Kier alpha value is -3.03. The number of carbonyl (C=O) groups excluding carboxylic acids is 2. The van der Waals surface area contributed by atoms with Gasteiger partial charge in [0.15, 0.2) is 5.78 Å². The highest BCUT2D eigenvalue weighted by Gasteiger charge is 2.56. The fourth-order valence-corrected chi connectivity index (χ4v) is 8.18. The summed E-state index contributed by atoms with van der Waals surface area (Å²) in [6, 6.07) is 10.9. The zero-order chi connectivity index (χ0) is 34.9. The van der Waals surface area contributed by atoms with Crippen LogP contribution >= 0.6 is 23.2 Å². The van der Waals surface area contributed by atoms with Gasteiger partial charge >= 0.3 is 5.97 Å². The number of aromatic nitrogens is 1. The van der Waals surface area contributed by atoms with E-state index in [0.29, 0.717) is 68.7 Å². The summed E-state index contributed by atoms with van der Waals surface area (Å²) >= 11 is 13.6. The van der Waals surface area contributed by atoms with E-state index in [2.05, 4.69) is 10.2 Å². The number of amides is 1. The molecule has 3 fully saturated rings. The van der Waals surface area contributed by atoms with E-state index in [9.17, 15) is 19.5 Å². The van der Waals surface area contributed by atoms with Crippen LogP contribution in [-0.4, -0.2) is 102 Å². The van der Waals surface area contributed by atoms with Gasteiger partial charge in [-0.15, -0.1) is 0 Å². The highest BCUT2D eigenvalue weighted by atomic mass is 35.5. The first kappa shape index (κ1) is 35.8. The lowest BCUT2D eigenvalue weighted by atomic mass is 9.87. The molecule has 11 nitrogen and oxygen atoms in total. The van der Waals surface area contributed by atoms with Crippen LogP contribution in [0.15, 0.2) is 42.6 Å². The van der Waals surface area contributed by atoms with Crippen LogP contribution in [0.5, 0.6) is 0 Å². The molecule has 3 heterocycles. The zero-order valence-corrected chi connectivity index (χ0v) is 29.6. The number of ketones is 1. The number of nitrogens with zero attached hydrogens (tertiary/aromatic N) is 3. The molecule has 0 radical (unpaired) electrons.